The van der Waals surface area contributed by atoms with E-state index in [-0.39, 0.29) is 17.5 Å². The van der Waals surface area contributed by atoms with Gasteiger partial charge in [-0.2, -0.15) is 5.10 Å². The first-order valence-electron chi connectivity index (χ1n) is 6.44. The summed E-state index contributed by atoms with van der Waals surface area (Å²) in [5.74, 6) is -0.175. The summed E-state index contributed by atoms with van der Waals surface area (Å²) in [5, 5.41) is 7.16. The Morgan fingerprint density at radius 2 is 2.23 bits per heavy atom. The van der Waals surface area contributed by atoms with Crippen LogP contribution in [0.25, 0.3) is 0 Å². The number of halogens is 2. The molecular formula is C15H11ClFN3O2. The second-order valence-electron chi connectivity index (χ2n) is 4.57. The molecule has 0 atom stereocenters. The van der Waals surface area contributed by atoms with Gasteiger partial charge in [-0.25, -0.2) is 4.39 Å². The normalized spacial score (nSPS) is 10.6. The van der Waals surface area contributed by atoms with Crippen LogP contribution in [0, 0.1) is 5.82 Å². The maximum atomic E-state index is 13.0. The fraction of sp³-hybridized carbons (Fsp3) is 0.0667. The Balaban J connectivity index is 1.70. The number of amides is 1. The van der Waals surface area contributed by atoms with Gasteiger partial charge in [0.15, 0.2) is 11.6 Å². The molecule has 1 amide bonds. The molecule has 1 aromatic carbocycles. The quantitative estimate of drug-likeness (QED) is 0.799. The Morgan fingerprint density at radius 3 is 2.95 bits per heavy atom. The highest BCUT2D eigenvalue weighted by Gasteiger charge is 2.11. The van der Waals surface area contributed by atoms with Gasteiger partial charge in [0.25, 0.3) is 5.91 Å². The average molecular weight is 320 g/mol. The topological polar surface area (TPSA) is 60.1 Å². The second-order valence-corrected chi connectivity index (χ2v) is 4.97. The van der Waals surface area contributed by atoms with Gasteiger partial charge in [-0.15, -0.1) is 0 Å². The molecule has 3 rings (SSSR count). The number of furan rings is 1. The van der Waals surface area contributed by atoms with Crippen LogP contribution in [-0.4, -0.2) is 15.7 Å². The molecule has 22 heavy (non-hydrogen) atoms. The van der Waals surface area contributed by atoms with Gasteiger partial charge >= 0.3 is 0 Å². The van der Waals surface area contributed by atoms with E-state index in [1.807, 2.05) is 0 Å². The monoisotopic (exact) mass is 319 g/mol. The fourth-order valence-electron chi connectivity index (χ4n) is 1.93. The Hall–Kier alpha value is -2.60. The van der Waals surface area contributed by atoms with E-state index in [2.05, 4.69) is 10.4 Å². The highest BCUT2D eigenvalue weighted by molar-refractivity contribution is 6.31. The summed E-state index contributed by atoms with van der Waals surface area (Å²) in [6.07, 6.45) is 3.11. The van der Waals surface area contributed by atoms with Gasteiger partial charge in [0, 0.05) is 17.3 Å². The molecule has 112 valence electrons. The van der Waals surface area contributed by atoms with E-state index in [1.165, 1.54) is 18.4 Å². The number of benzene rings is 1. The summed E-state index contributed by atoms with van der Waals surface area (Å²) in [5.41, 5.74) is 0.732. The largest absolute Gasteiger partial charge is 0.459 e. The minimum Gasteiger partial charge on any atom is -0.459 e. The van der Waals surface area contributed by atoms with E-state index in [4.69, 9.17) is 16.0 Å². The van der Waals surface area contributed by atoms with Crippen molar-refractivity contribution < 1.29 is 13.6 Å². The van der Waals surface area contributed by atoms with Crippen LogP contribution in [0.15, 0.2) is 53.3 Å². The Bertz CT molecular complexity index is 799. The van der Waals surface area contributed by atoms with Crippen LogP contribution in [0.5, 0.6) is 0 Å². The third-order valence-corrected chi connectivity index (χ3v) is 3.33. The minimum absolute atomic E-state index is 0.205. The van der Waals surface area contributed by atoms with Gasteiger partial charge in [-0.05, 0) is 29.8 Å². The molecule has 0 aliphatic rings. The van der Waals surface area contributed by atoms with Crippen molar-refractivity contribution in [2.75, 3.05) is 5.32 Å². The number of anilines is 1. The molecule has 0 fully saturated rings. The van der Waals surface area contributed by atoms with Crippen LogP contribution in [0.1, 0.15) is 16.1 Å². The van der Waals surface area contributed by atoms with Crippen molar-refractivity contribution in [2.45, 2.75) is 6.54 Å². The van der Waals surface area contributed by atoms with Gasteiger partial charge in [-0.3, -0.25) is 9.48 Å². The van der Waals surface area contributed by atoms with Gasteiger partial charge in [0.05, 0.1) is 12.8 Å². The zero-order valence-electron chi connectivity index (χ0n) is 11.3. The van der Waals surface area contributed by atoms with Crippen LogP contribution in [0.4, 0.5) is 10.2 Å². The summed E-state index contributed by atoms with van der Waals surface area (Å²) in [7, 11) is 0. The molecule has 0 saturated heterocycles. The van der Waals surface area contributed by atoms with Crippen molar-refractivity contribution in [2.24, 2.45) is 0 Å². The number of rotatable bonds is 4. The number of nitrogens with one attached hydrogen (secondary N) is 1. The van der Waals surface area contributed by atoms with E-state index in [0.29, 0.717) is 17.4 Å². The van der Waals surface area contributed by atoms with E-state index in [9.17, 15) is 9.18 Å². The first-order chi connectivity index (χ1) is 10.6. The molecule has 3 aromatic rings. The molecule has 0 saturated carbocycles. The lowest BCUT2D eigenvalue weighted by Gasteiger charge is -2.04. The molecule has 0 radical (unpaired) electrons. The summed E-state index contributed by atoms with van der Waals surface area (Å²) < 4.78 is 19.6. The van der Waals surface area contributed by atoms with Crippen LogP contribution in [-0.2, 0) is 6.54 Å². The number of hydrogen-bond donors (Lipinski definition) is 1. The molecular weight excluding hydrogens is 309 g/mol. The molecule has 5 nitrogen and oxygen atoms in total. The van der Waals surface area contributed by atoms with E-state index < -0.39 is 0 Å². The second kappa shape index (κ2) is 6.03. The van der Waals surface area contributed by atoms with Crippen LogP contribution >= 0.6 is 11.6 Å². The molecule has 1 N–H and O–H groups in total. The molecule has 2 aromatic heterocycles. The zero-order chi connectivity index (χ0) is 15.5. The first-order valence-corrected chi connectivity index (χ1v) is 6.82. The maximum absolute atomic E-state index is 13.0. The third kappa shape index (κ3) is 3.17. The van der Waals surface area contributed by atoms with Gasteiger partial charge in [0.1, 0.15) is 5.82 Å². The van der Waals surface area contributed by atoms with E-state index >= 15 is 0 Å². The predicted octanol–water partition coefficient (Wildman–Crippen LogP) is 3.57. The van der Waals surface area contributed by atoms with Gasteiger partial charge < -0.3 is 9.73 Å². The summed E-state index contributed by atoms with van der Waals surface area (Å²) in [4.78, 5) is 11.8. The molecule has 0 aliphatic heterocycles. The van der Waals surface area contributed by atoms with Crippen molar-refractivity contribution in [1.82, 2.24) is 9.78 Å². The number of carbonyl (C=O) groups is 1. The standard InChI is InChI=1S/C15H11ClFN3O2/c16-12-8-11(17)4-3-10(12)9-20-6-5-14(19-20)18-15(21)13-2-1-7-22-13/h1-8H,9H2,(H,18,19,21). The lowest BCUT2D eigenvalue weighted by Crippen LogP contribution is -2.12. The molecule has 2 heterocycles. The Labute approximate surface area is 130 Å². The van der Waals surface area contributed by atoms with Gasteiger partial charge in [0.2, 0.25) is 0 Å². The number of carbonyl (C=O) groups excluding carboxylic acids is 1. The maximum Gasteiger partial charge on any atom is 0.292 e. The molecule has 0 spiro atoms. The van der Waals surface area contributed by atoms with Gasteiger partial charge in [-0.1, -0.05) is 17.7 Å². The van der Waals surface area contributed by atoms with Crippen LogP contribution in [0.2, 0.25) is 5.02 Å². The zero-order valence-corrected chi connectivity index (χ0v) is 12.0. The highest BCUT2D eigenvalue weighted by Crippen LogP contribution is 2.18. The lowest BCUT2D eigenvalue weighted by molar-refractivity contribution is 0.0996. The third-order valence-electron chi connectivity index (χ3n) is 2.97. The number of aromatic nitrogens is 2. The predicted molar refractivity (Wildman–Crippen MR) is 79.4 cm³/mol. The lowest BCUT2D eigenvalue weighted by atomic mass is 10.2. The smallest absolute Gasteiger partial charge is 0.292 e. The summed E-state index contributed by atoms with van der Waals surface area (Å²) >= 11 is 5.97. The number of hydrogen-bond acceptors (Lipinski definition) is 3. The molecule has 7 heteroatoms. The molecule has 0 aliphatic carbocycles. The minimum atomic E-state index is -0.388. The van der Waals surface area contributed by atoms with Crippen LogP contribution in [0.3, 0.4) is 0 Å². The first kappa shape index (κ1) is 14.3. The van der Waals surface area contributed by atoms with E-state index in [0.717, 1.165) is 5.56 Å². The van der Waals surface area contributed by atoms with Crippen molar-refractivity contribution in [1.29, 1.82) is 0 Å². The Kier molecular flexibility index (Phi) is 3.93. The van der Waals surface area contributed by atoms with E-state index in [1.54, 1.807) is 35.1 Å². The summed E-state index contributed by atoms with van der Waals surface area (Å²) in [6.45, 7) is 0.371. The Morgan fingerprint density at radius 1 is 1.36 bits per heavy atom. The van der Waals surface area contributed by atoms with Crippen molar-refractivity contribution in [3.8, 4) is 0 Å². The molecule has 0 bridgehead atoms. The van der Waals surface area contributed by atoms with Crippen molar-refractivity contribution >= 4 is 23.3 Å². The summed E-state index contributed by atoms with van der Waals surface area (Å²) in [6, 6.07) is 9.03. The van der Waals surface area contributed by atoms with Crippen molar-refractivity contribution in [3.63, 3.8) is 0 Å². The highest BCUT2D eigenvalue weighted by atomic mass is 35.5. The molecule has 0 unspecified atom stereocenters. The SMILES string of the molecule is O=C(Nc1ccn(Cc2ccc(F)cc2Cl)n1)c1ccco1. The van der Waals surface area contributed by atoms with Crippen molar-refractivity contribution in [3.05, 3.63) is 71.0 Å². The fourth-order valence-corrected chi connectivity index (χ4v) is 2.15. The van der Waals surface area contributed by atoms with Crippen LogP contribution < -0.4 is 5.32 Å². The number of nitrogens with zero attached hydrogens (tertiary/aromatic N) is 2. The average Bonchev–Trinajstić information content (AvgIpc) is 3.13.